The predicted molar refractivity (Wildman–Crippen MR) is 68.6 cm³/mol. The molecule has 2 unspecified atom stereocenters. The lowest BCUT2D eigenvalue weighted by Crippen LogP contribution is -2.52. The Hall–Kier alpha value is -0.140. The fourth-order valence-corrected chi connectivity index (χ4v) is 3.55. The highest BCUT2D eigenvalue weighted by atomic mass is 35.7. The number of hydrogen-bond donors (Lipinski definition) is 1. The standard InChI is InChI=1S/C11H19ClO5S/c1-9(2)7-11(17-16-4,8-18(12,14)15)6-5-10(9,3)13/h5-6,13H,7-8H2,1-4H3. The zero-order chi connectivity index (χ0) is 14.2. The van der Waals surface area contributed by atoms with Crippen molar-refractivity contribution in [1.82, 2.24) is 0 Å². The van der Waals surface area contributed by atoms with E-state index in [1.807, 2.05) is 13.8 Å². The van der Waals surface area contributed by atoms with Crippen LogP contribution in [0.1, 0.15) is 27.2 Å². The molecule has 5 nitrogen and oxygen atoms in total. The van der Waals surface area contributed by atoms with Crippen LogP contribution in [0.5, 0.6) is 0 Å². The van der Waals surface area contributed by atoms with E-state index in [1.165, 1.54) is 19.3 Å². The van der Waals surface area contributed by atoms with Gasteiger partial charge in [-0.15, -0.1) is 0 Å². The zero-order valence-electron chi connectivity index (χ0n) is 10.9. The van der Waals surface area contributed by atoms with Crippen LogP contribution in [0, 0.1) is 5.41 Å². The monoisotopic (exact) mass is 298 g/mol. The molecule has 0 heterocycles. The summed E-state index contributed by atoms with van der Waals surface area (Å²) < 4.78 is 22.6. The minimum absolute atomic E-state index is 0.267. The van der Waals surface area contributed by atoms with Crippen molar-refractivity contribution in [1.29, 1.82) is 0 Å². The van der Waals surface area contributed by atoms with Gasteiger partial charge in [0.1, 0.15) is 11.4 Å². The first-order chi connectivity index (χ1) is 7.93. The lowest BCUT2D eigenvalue weighted by atomic mass is 9.65. The molecule has 1 N–H and O–H groups in total. The smallest absolute Gasteiger partial charge is 0.235 e. The average Bonchev–Trinajstić information content (AvgIpc) is 2.09. The first kappa shape index (κ1) is 15.9. The molecule has 0 saturated carbocycles. The molecule has 2 atom stereocenters. The van der Waals surface area contributed by atoms with Crippen molar-refractivity contribution in [2.75, 3.05) is 12.9 Å². The maximum absolute atomic E-state index is 11.3. The first-order valence-electron chi connectivity index (χ1n) is 5.50. The quantitative estimate of drug-likeness (QED) is 0.369. The molecule has 0 spiro atoms. The maximum Gasteiger partial charge on any atom is 0.235 e. The fourth-order valence-electron chi connectivity index (χ4n) is 2.16. The molecule has 18 heavy (non-hydrogen) atoms. The van der Waals surface area contributed by atoms with Crippen LogP contribution in [0.3, 0.4) is 0 Å². The van der Waals surface area contributed by atoms with Crippen molar-refractivity contribution in [2.24, 2.45) is 5.41 Å². The molecule has 0 aromatic carbocycles. The lowest BCUT2D eigenvalue weighted by Gasteiger charge is -2.47. The van der Waals surface area contributed by atoms with E-state index in [9.17, 15) is 13.5 Å². The maximum atomic E-state index is 11.3. The highest BCUT2D eigenvalue weighted by Crippen LogP contribution is 2.45. The van der Waals surface area contributed by atoms with Gasteiger partial charge >= 0.3 is 0 Å². The van der Waals surface area contributed by atoms with Crippen LogP contribution in [0.25, 0.3) is 0 Å². The van der Waals surface area contributed by atoms with Crippen molar-refractivity contribution >= 4 is 19.7 Å². The second-order valence-electron chi connectivity index (χ2n) is 5.54. The third-order valence-corrected chi connectivity index (χ3v) is 4.65. The van der Waals surface area contributed by atoms with E-state index < -0.39 is 31.4 Å². The summed E-state index contributed by atoms with van der Waals surface area (Å²) in [4.78, 5) is 9.75. The summed E-state index contributed by atoms with van der Waals surface area (Å²) in [5, 5.41) is 10.2. The van der Waals surface area contributed by atoms with Gasteiger partial charge in [-0.1, -0.05) is 19.9 Å². The van der Waals surface area contributed by atoms with E-state index in [0.717, 1.165) is 0 Å². The SMILES string of the molecule is COOC1(CS(=O)(=O)Cl)C=CC(C)(O)C(C)(C)C1. The molecule has 1 rings (SSSR count). The van der Waals surface area contributed by atoms with Gasteiger partial charge < -0.3 is 5.11 Å². The van der Waals surface area contributed by atoms with Crippen LogP contribution < -0.4 is 0 Å². The highest BCUT2D eigenvalue weighted by Gasteiger charge is 2.50. The molecular weight excluding hydrogens is 280 g/mol. The van der Waals surface area contributed by atoms with Crippen LogP contribution in [-0.2, 0) is 18.8 Å². The molecule has 0 fully saturated rings. The van der Waals surface area contributed by atoms with E-state index in [4.69, 9.17) is 15.6 Å². The molecule has 0 aromatic heterocycles. The zero-order valence-corrected chi connectivity index (χ0v) is 12.5. The van der Waals surface area contributed by atoms with Gasteiger partial charge in [-0.25, -0.2) is 18.2 Å². The van der Waals surface area contributed by atoms with Crippen molar-refractivity contribution in [2.45, 2.75) is 38.4 Å². The fraction of sp³-hybridized carbons (Fsp3) is 0.818. The van der Waals surface area contributed by atoms with Crippen LogP contribution >= 0.6 is 10.7 Å². The Bertz CT molecular complexity index is 440. The molecule has 106 valence electrons. The minimum atomic E-state index is -3.76. The number of aliphatic hydroxyl groups is 1. The summed E-state index contributed by atoms with van der Waals surface area (Å²) in [5.41, 5.74) is -2.81. The lowest BCUT2D eigenvalue weighted by molar-refractivity contribution is -0.335. The molecule has 0 radical (unpaired) electrons. The molecule has 0 amide bonds. The summed E-state index contributed by atoms with van der Waals surface area (Å²) >= 11 is 0. The Morgan fingerprint density at radius 2 is 1.89 bits per heavy atom. The molecule has 0 saturated heterocycles. The molecular formula is C11H19ClO5S. The normalized spacial score (nSPS) is 35.7. The van der Waals surface area contributed by atoms with Crippen molar-refractivity contribution in [3.05, 3.63) is 12.2 Å². The van der Waals surface area contributed by atoms with E-state index in [2.05, 4.69) is 4.89 Å². The minimum Gasteiger partial charge on any atom is -0.386 e. The molecule has 1 aliphatic rings. The van der Waals surface area contributed by atoms with Gasteiger partial charge in [0.15, 0.2) is 0 Å². The van der Waals surface area contributed by atoms with E-state index in [-0.39, 0.29) is 6.42 Å². The van der Waals surface area contributed by atoms with Crippen molar-refractivity contribution in [3.8, 4) is 0 Å². The summed E-state index contributed by atoms with van der Waals surface area (Å²) in [6.07, 6.45) is 3.29. The summed E-state index contributed by atoms with van der Waals surface area (Å²) in [5.74, 6) is -0.411. The Kier molecular flexibility index (Phi) is 4.21. The van der Waals surface area contributed by atoms with Crippen LogP contribution in [0.4, 0.5) is 0 Å². The number of hydrogen-bond acceptors (Lipinski definition) is 5. The summed E-state index contributed by atoms with van der Waals surface area (Å²) in [7, 11) is 2.84. The third kappa shape index (κ3) is 3.45. The number of halogens is 1. The summed E-state index contributed by atoms with van der Waals surface area (Å²) in [6.45, 7) is 5.31. The molecule has 1 aliphatic carbocycles. The van der Waals surface area contributed by atoms with Gasteiger partial charge in [0.2, 0.25) is 9.05 Å². The number of rotatable bonds is 4. The second-order valence-corrected chi connectivity index (χ2v) is 8.32. The van der Waals surface area contributed by atoms with Crippen LogP contribution in [0.15, 0.2) is 12.2 Å². The Morgan fingerprint density at radius 3 is 2.28 bits per heavy atom. The Morgan fingerprint density at radius 1 is 1.33 bits per heavy atom. The molecule has 0 aromatic rings. The Labute approximate surface area is 112 Å². The first-order valence-corrected chi connectivity index (χ1v) is 7.98. The van der Waals surface area contributed by atoms with E-state index in [1.54, 1.807) is 6.92 Å². The van der Waals surface area contributed by atoms with E-state index >= 15 is 0 Å². The van der Waals surface area contributed by atoms with E-state index in [0.29, 0.717) is 0 Å². The van der Waals surface area contributed by atoms with Gasteiger partial charge in [-0.3, -0.25) is 0 Å². The van der Waals surface area contributed by atoms with Gasteiger partial charge in [0, 0.05) is 16.1 Å². The molecule has 0 bridgehead atoms. The topological polar surface area (TPSA) is 72.8 Å². The van der Waals surface area contributed by atoms with Gasteiger partial charge in [-0.2, -0.15) is 0 Å². The third-order valence-electron chi connectivity index (χ3n) is 3.49. The molecule has 7 heteroatoms. The van der Waals surface area contributed by atoms with Crippen molar-refractivity contribution in [3.63, 3.8) is 0 Å². The largest absolute Gasteiger partial charge is 0.386 e. The van der Waals surface area contributed by atoms with Crippen LogP contribution in [0.2, 0.25) is 0 Å². The van der Waals surface area contributed by atoms with Gasteiger partial charge in [0.05, 0.1) is 12.7 Å². The molecule has 0 aliphatic heterocycles. The predicted octanol–water partition coefficient (Wildman–Crippen LogP) is 1.61. The Balaban J connectivity index is 3.17. The van der Waals surface area contributed by atoms with Crippen LogP contribution in [-0.4, -0.2) is 37.6 Å². The van der Waals surface area contributed by atoms with Crippen molar-refractivity contribution < 1.29 is 23.3 Å². The highest BCUT2D eigenvalue weighted by molar-refractivity contribution is 8.13. The summed E-state index contributed by atoms with van der Waals surface area (Å²) in [6, 6.07) is 0. The van der Waals surface area contributed by atoms with Gasteiger partial charge in [-0.05, 0) is 19.4 Å². The van der Waals surface area contributed by atoms with Gasteiger partial charge in [0.25, 0.3) is 0 Å². The second kappa shape index (κ2) is 4.76. The average molecular weight is 299 g/mol.